The summed E-state index contributed by atoms with van der Waals surface area (Å²) < 4.78 is 43.9. The molecule has 1 aliphatic carbocycles. The van der Waals surface area contributed by atoms with Gasteiger partial charge in [-0.1, -0.05) is 18.2 Å². The Morgan fingerprint density at radius 2 is 2.05 bits per heavy atom. The quantitative estimate of drug-likeness (QED) is 0.926. The molecule has 0 amide bonds. The van der Waals surface area contributed by atoms with Crippen LogP contribution in [0.3, 0.4) is 0 Å². The summed E-state index contributed by atoms with van der Waals surface area (Å²) in [4.78, 5) is 0. The maximum Gasteiger partial charge on any atom is 0.416 e. The predicted octanol–water partition coefficient (Wildman–Crippen LogP) is 3.14. The first-order chi connectivity index (χ1) is 9.38. The van der Waals surface area contributed by atoms with Crippen LogP contribution in [0.1, 0.15) is 30.4 Å². The summed E-state index contributed by atoms with van der Waals surface area (Å²) in [5.74, 6) is 0.494. The third-order valence-electron chi connectivity index (χ3n) is 4.27. The van der Waals surface area contributed by atoms with E-state index in [9.17, 15) is 13.2 Å². The van der Waals surface area contributed by atoms with Crippen molar-refractivity contribution in [1.82, 2.24) is 0 Å². The molecule has 1 saturated carbocycles. The summed E-state index contributed by atoms with van der Waals surface area (Å²) >= 11 is 0. The van der Waals surface area contributed by atoms with E-state index in [2.05, 4.69) is 0 Å². The number of hydrogen-bond acceptors (Lipinski definition) is 2. The summed E-state index contributed by atoms with van der Waals surface area (Å²) in [6.45, 7) is 0.608. The number of benzene rings is 1. The maximum atomic E-state index is 12.7. The van der Waals surface area contributed by atoms with Crippen LogP contribution in [0.2, 0.25) is 0 Å². The van der Waals surface area contributed by atoms with Gasteiger partial charge in [0.25, 0.3) is 0 Å². The smallest absolute Gasteiger partial charge is 0.376 e. The number of hydrogen-bond donors (Lipinski definition) is 1. The lowest BCUT2D eigenvalue weighted by Crippen LogP contribution is -2.50. The number of rotatable bonds is 3. The van der Waals surface area contributed by atoms with Gasteiger partial charge in [-0.2, -0.15) is 13.2 Å². The van der Waals surface area contributed by atoms with Crippen molar-refractivity contribution in [3.8, 4) is 0 Å². The topological polar surface area (TPSA) is 35.2 Å². The van der Waals surface area contributed by atoms with Crippen LogP contribution >= 0.6 is 0 Å². The van der Waals surface area contributed by atoms with Crippen molar-refractivity contribution < 1.29 is 17.9 Å². The average molecular weight is 285 g/mol. The highest BCUT2D eigenvalue weighted by atomic mass is 19.4. The summed E-state index contributed by atoms with van der Waals surface area (Å²) in [6, 6.07) is 5.46. The van der Waals surface area contributed by atoms with Crippen molar-refractivity contribution in [1.29, 1.82) is 0 Å². The molecule has 1 aromatic carbocycles. The normalized spacial score (nSPS) is 30.7. The molecule has 2 atom stereocenters. The standard InChI is InChI=1S/C15H18F3NO/c16-15(17,18)12-3-1-2-10(8-12)9-14(19)6-7-20-13(14)11-4-5-11/h1-3,8,11,13H,4-7,9,19H2. The molecule has 1 saturated heterocycles. The van der Waals surface area contributed by atoms with Crippen LogP contribution in [0.5, 0.6) is 0 Å². The van der Waals surface area contributed by atoms with Gasteiger partial charge in [-0.15, -0.1) is 0 Å². The summed E-state index contributed by atoms with van der Waals surface area (Å²) in [6.07, 6.45) is -0.919. The third-order valence-corrected chi connectivity index (χ3v) is 4.27. The molecule has 2 aliphatic rings. The lowest BCUT2D eigenvalue weighted by molar-refractivity contribution is -0.137. The van der Waals surface area contributed by atoms with Crippen molar-refractivity contribution in [3.63, 3.8) is 0 Å². The monoisotopic (exact) mass is 285 g/mol. The van der Waals surface area contributed by atoms with Gasteiger partial charge in [-0.05, 0) is 43.2 Å². The number of halogens is 3. The second-order valence-corrected chi connectivity index (χ2v) is 5.99. The number of nitrogens with two attached hydrogens (primary N) is 1. The van der Waals surface area contributed by atoms with Gasteiger partial charge in [0.15, 0.2) is 0 Å². The molecule has 0 radical (unpaired) electrons. The minimum absolute atomic E-state index is 0.00274. The highest BCUT2D eigenvalue weighted by Gasteiger charge is 2.48. The Kier molecular flexibility index (Phi) is 3.29. The zero-order valence-electron chi connectivity index (χ0n) is 11.1. The molecule has 5 heteroatoms. The van der Waals surface area contributed by atoms with Crippen LogP contribution in [0, 0.1) is 5.92 Å². The Morgan fingerprint density at radius 1 is 1.30 bits per heavy atom. The van der Waals surface area contributed by atoms with E-state index in [1.807, 2.05) is 0 Å². The molecule has 2 nitrogen and oxygen atoms in total. The van der Waals surface area contributed by atoms with Gasteiger partial charge in [0.2, 0.25) is 0 Å². The van der Waals surface area contributed by atoms with Crippen molar-refractivity contribution >= 4 is 0 Å². The molecule has 2 unspecified atom stereocenters. The van der Waals surface area contributed by atoms with E-state index in [-0.39, 0.29) is 6.10 Å². The highest BCUT2D eigenvalue weighted by Crippen LogP contribution is 2.43. The van der Waals surface area contributed by atoms with Gasteiger partial charge in [-0.3, -0.25) is 0 Å². The van der Waals surface area contributed by atoms with E-state index < -0.39 is 17.3 Å². The van der Waals surface area contributed by atoms with Crippen LogP contribution in [0.15, 0.2) is 24.3 Å². The molecule has 1 aliphatic heterocycles. The first-order valence-electron chi connectivity index (χ1n) is 6.95. The van der Waals surface area contributed by atoms with Crippen LogP contribution in [-0.4, -0.2) is 18.2 Å². The fourth-order valence-electron chi connectivity index (χ4n) is 3.12. The fourth-order valence-corrected chi connectivity index (χ4v) is 3.12. The molecule has 2 N–H and O–H groups in total. The van der Waals surface area contributed by atoms with Gasteiger partial charge < -0.3 is 10.5 Å². The Morgan fingerprint density at radius 3 is 2.70 bits per heavy atom. The van der Waals surface area contributed by atoms with Crippen molar-refractivity contribution in [2.45, 2.75) is 43.5 Å². The molecular weight excluding hydrogens is 267 g/mol. The number of alkyl halides is 3. The summed E-state index contributed by atoms with van der Waals surface area (Å²) in [7, 11) is 0. The van der Waals surface area contributed by atoms with E-state index in [4.69, 9.17) is 10.5 Å². The maximum absolute atomic E-state index is 12.7. The van der Waals surface area contributed by atoms with Gasteiger partial charge in [0.05, 0.1) is 11.7 Å². The molecule has 0 spiro atoms. The largest absolute Gasteiger partial charge is 0.416 e. The van der Waals surface area contributed by atoms with Crippen LogP contribution in [-0.2, 0) is 17.3 Å². The molecule has 110 valence electrons. The Bertz CT molecular complexity index is 498. The lowest BCUT2D eigenvalue weighted by atomic mass is 9.83. The van der Waals surface area contributed by atoms with Crippen molar-refractivity contribution in [2.24, 2.45) is 11.7 Å². The Labute approximate surface area is 116 Å². The van der Waals surface area contributed by atoms with Gasteiger partial charge >= 0.3 is 6.18 Å². The lowest BCUT2D eigenvalue weighted by Gasteiger charge is -2.30. The average Bonchev–Trinajstić information content (AvgIpc) is 3.13. The zero-order valence-corrected chi connectivity index (χ0v) is 11.1. The molecule has 3 rings (SSSR count). The summed E-state index contributed by atoms with van der Waals surface area (Å²) in [5.41, 5.74) is 5.93. The minimum atomic E-state index is -4.31. The van der Waals surface area contributed by atoms with Gasteiger partial charge in [-0.25, -0.2) is 0 Å². The van der Waals surface area contributed by atoms with Crippen LogP contribution < -0.4 is 5.73 Å². The first-order valence-corrected chi connectivity index (χ1v) is 6.95. The summed E-state index contributed by atoms with van der Waals surface area (Å²) in [5, 5.41) is 0. The Hall–Kier alpha value is -1.07. The third kappa shape index (κ3) is 2.69. The van der Waals surface area contributed by atoms with Crippen molar-refractivity contribution in [2.75, 3.05) is 6.61 Å². The molecule has 2 fully saturated rings. The Balaban J connectivity index is 1.80. The van der Waals surface area contributed by atoms with E-state index in [1.165, 1.54) is 12.1 Å². The molecule has 0 aromatic heterocycles. The van der Waals surface area contributed by atoms with E-state index in [0.29, 0.717) is 30.9 Å². The van der Waals surface area contributed by atoms with Gasteiger partial charge in [0.1, 0.15) is 0 Å². The molecule has 1 heterocycles. The molecule has 20 heavy (non-hydrogen) atoms. The van der Waals surface area contributed by atoms with Gasteiger partial charge in [0, 0.05) is 12.1 Å². The first kappa shape index (κ1) is 13.9. The molecule has 0 bridgehead atoms. The zero-order chi connectivity index (χ0) is 14.4. The van der Waals surface area contributed by atoms with Crippen molar-refractivity contribution in [3.05, 3.63) is 35.4 Å². The predicted molar refractivity (Wildman–Crippen MR) is 69.1 cm³/mol. The van der Waals surface area contributed by atoms with E-state index >= 15 is 0 Å². The molecule has 1 aromatic rings. The fraction of sp³-hybridized carbons (Fsp3) is 0.600. The highest BCUT2D eigenvalue weighted by molar-refractivity contribution is 5.28. The van der Waals surface area contributed by atoms with E-state index in [1.54, 1.807) is 6.07 Å². The SMILES string of the molecule is NC1(Cc2cccc(C(F)(F)F)c2)CCOC1C1CC1. The second-order valence-electron chi connectivity index (χ2n) is 5.99. The second kappa shape index (κ2) is 4.74. The van der Waals surface area contributed by atoms with Crippen LogP contribution in [0.4, 0.5) is 13.2 Å². The minimum Gasteiger partial charge on any atom is -0.376 e. The molecular formula is C15H18F3NO. The number of ether oxygens (including phenoxy) is 1. The van der Waals surface area contributed by atoms with Crippen LogP contribution in [0.25, 0.3) is 0 Å². The van der Waals surface area contributed by atoms with E-state index in [0.717, 1.165) is 18.9 Å².